The summed E-state index contributed by atoms with van der Waals surface area (Å²) in [5.74, 6) is -2.95. The smallest absolute Gasteiger partial charge is 0.311 e. The molecule has 0 amide bonds. The van der Waals surface area contributed by atoms with Crippen LogP contribution in [0.1, 0.15) is 135 Å². The van der Waals surface area contributed by atoms with Gasteiger partial charge in [0, 0.05) is 97.2 Å². The minimum absolute atomic E-state index is 0.130. The lowest BCUT2D eigenvalue weighted by Crippen LogP contribution is -2.67. The van der Waals surface area contributed by atoms with Crippen molar-refractivity contribution in [3.05, 3.63) is 100 Å². The number of likely N-dealkylation sites (N-methyl/N-ethyl adjacent to an activating group) is 1. The number of hydrogen-bond donors (Lipinski definition) is 10. The van der Waals surface area contributed by atoms with Gasteiger partial charge in [0.05, 0.1) is 114 Å². The van der Waals surface area contributed by atoms with Crippen LogP contribution in [0.2, 0.25) is 10.0 Å². The highest BCUT2D eigenvalue weighted by atomic mass is 35.5. The van der Waals surface area contributed by atoms with Gasteiger partial charge in [0.2, 0.25) is 0 Å². The number of aliphatic hydroxyl groups excluding tert-OH is 4. The number of carbonyl (C=O) groups excluding carboxylic acids is 1. The second kappa shape index (κ2) is 40.4. The number of rotatable bonds is 25. The SMILES string of the molecule is CC(C)N=c1cc2n(-c3ccc(Cl)cc3)c3ccccc3nc-2cc1Nc1ccc(Cl)cc1.CC[C@@H](CO)NCCN[C@@H](CC)CO.CC[C@H]1OC(=O)[C@H](C)[C@@H](OC2CC(C)(OC)C(O)C(C)O2)C(C)[C@@H](OC2OC(C)CC(N(C)C)C2O)[C@](C)(O)C[C@@H](C)[C@@H]2N[C@@H](COCCOC)OC([C@H]2C)[C@]1(C)O. The number of anilines is 2. The van der Waals surface area contributed by atoms with Gasteiger partial charge in [-0.2, -0.15) is 0 Å². The molecule has 4 fully saturated rings. The summed E-state index contributed by atoms with van der Waals surface area (Å²) in [6.45, 7) is 29.3. The molecule has 5 heterocycles. The number of benzene rings is 4. The van der Waals surface area contributed by atoms with Crippen molar-refractivity contribution in [1.29, 1.82) is 0 Å². The van der Waals surface area contributed by atoms with E-state index in [1.54, 1.807) is 41.7 Å². The predicted molar refractivity (Wildman–Crippen MR) is 410 cm³/mol. The number of nitrogens with zero attached hydrogens (tertiary/aromatic N) is 4. The molecule has 0 saturated carbocycles. The van der Waals surface area contributed by atoms with Gasteiger partial charge >= 0.3 is 5.97 Å². The van der Waals surface area contributed by atoms with E-state index in [0.29, 0.717) is 29.7 Å². The van der Waals surface area contributed by atoms with E-state index in [2.05, 4.69) is 57.9 Å². The monoisotopic (exact) mass is 1510 g/mol. The molecule has 4 saturated heterocycles. The molecule has 6 aliphatic rings. The fraction of sp³-hybridized carbons (Fsp3) is 0.684. The summed E-state index contributed by atoms with van der Waals surface area (Å²) in [4.78, 5) is 26.3. The van der Waals surface area contributed by atoms with E-state index < -0.39 is 96.1 Å². The summed E-state index contributed by atoms with van der Waals surface area (Å²) in [6.07, 6.45) is -6.42. The van der Waals surface area contributed by atoms with Crippen LogP contribution in [0.25, 0.3) is 28.1 Å². The largest absolute Gasteiger partial charge is 0.459 e. The number of ether oxygens (including phenoxy) is 9. The number of hydrogen-bond acceptors (Lipinski definition) is 23. The second-order valence-electron chi connectivity index (χ2n) is 30.2. The van der Waals surface area contributed by atoms with Crippen molar-refractivity contribution in [2.24, 2.45) is 28.7 Å². The van der Waals surface area contributed by atoms with Crippen LogP contribution in [0.3, 0.4) is 0 Å². The van der Waals surface area contributed by atoms with Gasteiger partial charge in [0.1, 0.15) is 30.1 Å². The molecule has 2 bridgehead atoms. The highest BCUT2D eigenvalue weighted by Crippen LogP contribution is 2.44. The number of nitrogens with one attached hydrogen (secondary N) is 4. The third-order valence-electron chi connectivity index (χ3n) is 21.2. The molecule has 5 aliphatic heterocycles. The summed E-state index contributed by atoms with van der Waals surface area (Å²) in [7, 11) is 6.90. The molecule has 26 heteroatoms. The maximum Gasteiger partial charge on any atom is 0.311 e. The Morgan fingerprint density at radius 1 is 0.810 bits per heavy atom. The van der Waals surface area contributed by atoms with Gasteiger partial charge < -0.3 is 98.7 Å². The van der Waals surface area contributed by atoms with E-state index in [0.717, 1.165) is 70.8 Å². The van der Waals surface area contributed by atoms with Crippen molar-refractivity contribution in [2.75, 3.05) is 79.8 Å². The van der Waals surface area contributed by atoms with E-state index in [9.17, 15) is 25.2 Å². The second-order valence-corrected chi connectivity index (χ2v) is 31.1. The lowest BCUT2D eigenvalue weighted by atomic mass is 9.71. The van der Waals surface area contributed by atoms with E-state index >= 15 is 0 Å². The summed E-state index contributed by atoms with van der Waals surface area (Å²) in [5.41, 5.74) is 2.32. The number of carbonyl (C=O) groups is 1. The maximum absolute atomic E-state index is 14.5. The van der Waals surface area contributed by atoms with Crippen molar-refractivity contribution < 1.29 is 78.1 Å². The molecule has 0 spiro atoms. The zero-order valence-electron chi connectivity index (χ0n) is 65.1. The summed E-state index contributed by atoms with van der Waals surface area (Å²) >= 11 is 12.2. The molecule has 10 unspecified atom stereocenters. The molecule has 10 N–H and O–H groups in total. The van der Waals surface area contributed by atoms with Gasteiger partial charge in [-0.25, -0.2) is 4.98 Å². The van der Waals surface area contributed by atoms with Crippen molar-refractivity contribution in [1.82, 2.24) is 30.4 Å². The van der Waals surface area contributed by atoms with Gasteiger partial charge in [-0.05, 0) is 180 Å². The molecular formula is C79H124Cl2N8O16. The number of cyclic esters (lactones) is 1. The van der Waals surface area contributed by atoms with E-state index in [1.165, 1.54) is 7.11 Å². The number of fused-ring (bicyclic) bond motifs is 4. The number of halogens is 2. The van der Waals surface area contributed by atoms with Crippen molar-refractivity contribution in [2.45, 2.75) is 250 Å². The minimum atomic E-state index is -1.64. The lowest BCUT2D eigenvalue weighted by molar-refractivity contribution is -0.318. The molecule has 590 valence electrons. The van der Waals surface area contributed by atoms with Crippen LogP contribution in [0.5, 0.6) is 0 Å². The summed E-state index contributed by atoms with van der Waals surface area (Å²) in [5, 5.41) is 81.6. The van der Waals surface area contributed by atoms with Crippen LogP contribution in [0.4, 0.5) is 11.4 Å². The Labute approximate surface area is 632 Å². The van der Waals surface area contributed by atoms with Crippen LogP contribution in [0, 0.1) is 23.7 Å². The Hall–Kier alpha value is -4.59. The number of para-hydroxylation sites is 2. The van der Waals surface area contributed by atoms with Crippen LogP contribution in [-0.2, 0) is 47.4 Å². The third kappa shape index (κ3) is 23.0. The van der Waals surface area contributed by atoms with Gasteiger partial charge in [-0.1, -0.05) is 76.9 Å². The molecule has 3 aromatic rings. The van der Waals surface area contributed by atoms with Crippen LogP contribution in [0.15, 0.2) is 89.9 Å². The molecule has 1 aliphatic carbocycles. The Kier molecular flexibility index (Phi) is 33.7. The molecule has 105 heavy (non-hydrogen) atoms. The first kappa shape index (κ1) is 87.6. The number of aromatic nitrogens is 2. The molecule has 24 nitrogen and oxygen atoms in total. The zero-order chi connectivity index (χ0) is 77.3. The first-order valence-electron chi connectivity index (χ1n) is 37.6. The summed E-state index contributed by atoms with van der Waals surface area (Å²) < 4.78 is 57.9. The third-order valence-corrected chi connectivity index (χ3v) is 21.7. The number of esters is 1. The molecule has 9 rings (SSSR count). The van der Waals surface area contributed by atoms with E-state index in [1.807, 2.05) is 134 Å². The normalized spacial score (nSPS) is 32.7. The van der Waals surface area contributed by atoms with Crippen LogP contribution >= 0.6 is 23.2 Å². The molecule has 3 aromatic carbocycles. The van der Waals surface area contributed by atoms with Gasteiger partial charge in [-0.15, -0.1) is 0 Å². The van der Waals surface area contributed by atoms with E-state index in [4.69, 9.17) is 86.0 Å². The maximum atomic E-state index is 14.5. The number of methoxy groups -OCH3 is 2. The Morgan fingerprint density at radius 3 is 2.02 bits per heavy atom. The quantitative estimate of drug-likeness (QED) is 0.0148. The molecule has 22 atom stereocenters. The Bertz CT molecular complexity index is 3450. The fourth-order valence-corrected chi connectivity index (χ4v) is 15.4. The first-order valence-corrected chi connectivity index (χ1v) is 38.3. The predicted octanol–water partition coefficient (Wildman–Crippen LogP) is 9.40. The van der Waals surface area contributed by atoms with E-state index in [-0.39, 0.29) is 87.2 Å². The van der Waals surface area contributed by atoms with Crippen molar-refractivity contribution >= 4 is 51.6 Å². The first-order chi connectivity index (χ1) is 49.8. The minimum Gasteiger partial charge on any atom is -0.459 e. The topological polar surface area (TPSA) is 303 Å². The number of aliphatic hydroxyl groups is 6. The Morgan fingerprint density at radius 2 is 1.44 bits per heavy atom. The van der Waals surface area contributed by atoms with Crippen LogP contribution in [-0.4, -0.2) is 240 Å². The molecule has 0 radical (unpaired) electrons. The van der Waals surface area contributed by atoms with Gasteiger partial charge in [-0.3, -0.25) is 15.1 Å². The molecular weight excluding hydrogens is 1390 g/mol. The standard InChI is InChI=1S/C42H78N2O14.C27H22Cl2N4.C10H24N2O2/c1-15-29-42(10,49)37-24(4)32(43-30(56-37)21-52-17-16-50-13)22(2)19-40(8,48)36(58-39-33(45)28(44(11)12)18-23(3)53-39)25(5)34(26(6)38(47)55-29)57-31-20-41(9,51-14)35(46)27(7)54-31;1-17(2)30-24-16-27-25(15-23(24)31-20-11-7-18(28)8-12-20)32-22-5-3-4-6-26(22)33(27)21-13-9-19(29)10-14-21;1-3-9(7-13)11-5-6-12-10(4-2)8-14/h22-37,39,43,45-46,48-49H,15-21H2,1-14H3;3-17,31H,1-2H3;9-14H,3-8H2,1-2H3/t22-,23?,24+,25?,26-,27?,28?,29-,30-,31?,32+,33?,34+,35?,36-,37?,39?,40-,41?,42-;;9-,10-/m1.0/s1. The average Bonchev–Trinajstić information content (AvgIpc) is 0.756. The van der Waals surface area contributed by atoms with Gasteiger partial charge in [0.25, 0.3) is 0 Å². The Balaban J connectivity index is 0.000000271. The zero-order valence-corrected chi connectivity index (χ0v) is 66.6. The molecule has 0 aromatic heterocycles. The average molecular weight is 1510 g/mol. The van der Waals surface area contributed by atoms with Crippen molar-refractivity contribution in [3.8, 4) is 17.1 Å². The highest BCUT2D eigenvalue weighted by Gasteiger charge is 2.56. The van der Waals surface area contributed by atoms with Crippen LogP contribution < -0.4 is 26.6 Å². The van der Waals surface area contributed by atoms with Gasteiger partial charge in [0.15, 0.2) is 12.6 Å². The fourth-order valence-electron chi connectivity index (χ4n) is 15.1. The van der Waals surface area contributed by atoms with Crippen molar-refractivity contribution in [3.63, 3.8) is 0 Å². The highest BCUT2D eigenvalue weighted by molar-refractivity contribution is 6.30. The lowest BCUT2D eigenvalue weighted by Gasteiger charge is -2.52. The summed E-state index contributed by atoms with van der Waals surface area (Å²) in [6, 6.07) is 27.7.